The van der Waals surface area contributed by atoms with Gasteiger partial charge >= 0.3 is 0 Å². The maximum Gasteiger partial charge on any atom is 0.262 e. The van der Waals surface area contributed by atoms with E-state index in [1.165, 1.54) is 6.07 Å². The molecule has 1 aromatic carbocycles. The molecule has 0 atom stereocenters. The summed E-state index contributed by atoms with van der Waals surface area (Å²) < 4.78 is 10.3. The summed E-state index contributed by atoms with van der Waals surface area (Å²) in [6.45, 7) is 0.704. The number of hydrogen-bond donors (Lipinski definition) is 1. The van der Waals surface area contributed by atoms with Crippen LogP contribution in [0, 0.1) is 11.3 Å². The second-order valence-electron chi connectivity index (χ2n) is 3.07. The van der Waals surface area contributed by atoms with Crippen LogP contribution in [0.5, 0.6) is 5.88 Å². The van der Waals surface area contributed by atoms with Crippen molar-refractivity contribution in [3.8, 4) is 11.9 Å². The highest BCUT2D eigenvalue weighted by molar-refractivity contribution is 6.31. The number of nitrogens with zero attached hydrogens (tertiary/aromatic N) is 2. The average Bonchev–Trinajstić information content (AvgIpc) is 2.68. The maximum absolute atomic E-state index is 8.89. The summed E-state index contributed by atoms with van der Waals surface area (Å²) in [6.07, 6.45) is 0. The fourth-order valence-corrected chi connectivity index (χ4v) is 1.55. The Kier molecular flexibility index (Phi) is 4.58. The van der Waals surface area contributed by atoms with Crippen molar-refractivity contribution in [2.24, 2.45) is 5.73 Å². The van der Waals surface area contributed by atoms with Gasteiger partial charge in [0.05, 0.1) is 10.9 Å². The number of ether oxygens (including phenoxy) is 1. The van der Waals surface area contributed by atoms with Crippen molar-refractivity contribution in [2.45, 2.75) is 0 Å². The molecule has 17 heavy (non-hydrogen) atoms. The van der Waals surface area contributed by atoms with Gasteiger partial charge in [0.25, 0.3) is 5.88 Å². The third-order valence-corrected chi connectivity index (χ3v) is 2.20. The van der Waals surface area contributed by atoms with E-state index in [9.17, 15) is 0 Å². The molecule has 0 aliphatic heterocycles. The molecule has 0 fully saturated rings. The van der Waals surface area contributed by atoms with Gasteiger partial charge in [-0.3, -0.25) is 0 Å². The fraction of sp³-hybridized carbons (Fsp3) is 0.200. The zero-order valence-electron chi connectivity index (χ0n) is 8.64. The van der Waals surface area contributed by atoms with Crippen LogP contribution in [0.25, 0.3) is 11.0 Å². The van der Waals surface area contributed by atoms with Gasteiger partial charge in [0.1, 0.15) is 12.7 Å². The largest absolute Gasteiger partial charge is 0.474 e. The Morgan fingerprint density at radius 3 is 2.94 bits per heavy atom. The molecular weight excluding hydrogens is 265 g/mol. The Hall–Kier alpha value is -1.48. The molecule has 0 saturated carbocycles. The summed E-state index contributed by atoms with van der Waals surface area (Å²) >= 11 is 5.86. The van der Waals surface area contributed by atoms with Gasteiger partial charge in [0.2, 0.25) is 0 Å². The standard InChI is InChI=1S/C10H8ClN3O2.ClH/c11-7-3-6(5-13)9-8(4-7)10(14-16-9)15-2-1-12;/h3-4H,1-2,12H2;1H. The summed E-state index contributed by atoms with van der Waals surface area (Å²) in [4.78, 5) is 0. The number of nitrogens with two attached hydrogens (primary N) is 1. The Morgan fingerprint density at radius 2 is 2.29 bits per heavy atom. The monoisotopic (exact) mass is 273 g/mol. The van der Waals surface area contributed by atoms with Crippen molar-refractivity contribution < 1.29 is 9.26 Å². The van der Waals surface area contributed by atoms with Crippen molar-refractivity contribution >= 4 is 35.0 Å². The average molecular weight is 274 g/mol. The van der Waals surface area contributed by atoms with Crippen molar-refractivity contribution in [3.63, 3.8) is 0 Å². The minimum atomic E-state index is 0. The Bertz CT molecular complexity index is 562. The first-order valence-electron chi connectivity index (χ1n) is 4.58. The highest BCUT2D eigenvalue weighted by Gasteiger charge is 2.14. The molecule has 2 aromatic rings. The number of benzene rings is 1. The van der Waals surface area contributed by atoms with E-state index in [1.807, 2.05) is 6.07 Å². The molecule has 0 aliphatic carbocycles. The van der Waals surface area contributed by atoms with Crippen LogP contribution in [-0.4, -0.2) is 18.3 Å². The molecule has 7 heteroatoms. The lowest BCUT2D eigenvalue weighted by Crippen LogP contribution is -2.10. The van der Waals surface area contributed by atoms with Crippen molar-refractivity contribution in [2.75, 3.05) is 13.2 Å². The normalized spacial score (nSPS) is 9.71. The van der Waals surface area contributed by atoms with Gasteiger partial charge in [0.15, 0.2) is 5.58 Å². The second kappa shape index (κ2) is 5.73. The van der Waals surface area contributed by atoms with Crippen LogP contribution in [0.2, 0.25) is 5.02 Å². The molecule has 90 valence electrons. The van der Waals surface area contributed by atoms with Crippen LogP contribution >= 0.6 is 24.0 Å². The predicted molar refractivity (Wildman–Crippen MR) is 65.5 cm³/mol. The van der Waals surface area contributed by atoms with E-state index in [1.54, 1.807) is 6.07 Å². The second-order valence-corrected chi connectivity index (χ2v) is 3.50. The molecule has 5 nitrogen and oxygen atoms in total. The minimum Gasteiger partial charge on any atom is -0.474 e. The van der Waals surface area contributed by atoms with E-state index in [2.05, 4.69) is 5.16 Å². The van der Waals surface area contributed by atoms with E-state index < -0.39 is 0 Å². The van der Waals surface area contributed by atoms with Gasteiger partial charge in [-0.05, 0) is 17.3 Å². The molecule has 0 bridgehead atoms. The lowest BCUT2D eigenvalue weighted by Gasteiger charge is -1.99. The summed E-state index contributed by atoms with van der Waals surface area (Å²) in [5, 5.41) is 13.6. The first-order valence-corrected chi connectivity index (χ1v) is 4.96. The Labute approximate surface area is 108 Å². The quantitative estimate of drug-likeness (QED) is 0.926. The van der Waals surface area contributed by atoms with Gasteiger partial charge < -0.3 is 15.0 Å². The molecule has 2 rings (SSSR count). The highest BCUT2D eigenvalue weighted by Crippen LogP contribution is 2.30. The lowest BCUT2D eigenvalue weighted by molar-refractivity contribution is 0.293. The van der Waals surface area contributed by atoms with E-state index in [0.717, 1.165) is 0 Å². The molecular formula is C10H9Cl2N3O2. The number of aromatic nitrogens is 1. The third kappa shape index (κ3) is 2.61. The summed E-state index contributed by atoms with van der Waals surface area (Å²) in [6, 6.07) is 5.14. The van der Waals surface area contributed by atoms with Gasteiger partial charge in [-0.1, -0.05) is 11.6 Å². The minimum absolute atomic E-state index is 0. The molecule has 0 radical (unpaired) electrons. The number of nitriles is 1. The van der Waals surface area contributed by atoms with E-state index >= 15 is 0 Å². The van der Waals surface area contributed by atoms with Crippen LogP contribution in [0.4, 0.5) is 0 Å². The van der Waals surface area contributed by atoms with E-state index in [-0.39, 0.29) is 12.4 Å². The van der Waals surface area contributed by atoms with Crippen LogP contribution in [-0.2, 0) is 0 Å². The van der Waals surface area contributed by atoms with Gasteiger partial charge in [-0.25, -0.2) is 0 Å². The Balaban J connectivity index is 0.00000144. The summed E-state index contributed by atoms with van der Waals surface area (Å²) in [5.41, 5.74) is 6.02. The predicted octanol–water partition coefficient (Wildman–Crippen LogP) is 2.11. The van der Waals surface area contributed by atoms with Crippen LogP contribution in [0.15, 0.2) is 16.7 Å². The van der Waals surface area contributed by atoms with E-state index in [4.69, 9.17) is 31.9 Å². The molecule has 2 N–H and O–H groups in total. The molecule has 0 spiro atoms. The number of rotatable bonds is 3. The molecule has 1 aromatic heterocycles. The van der Waals surface area contributed by atoms with Crippen LogP contribution in [0.3, 0.4) is 0 Å². The summed E-state index contributed by atoms with van der Waals surface area (Å²) in [7, 11) is 0. The first kappa shape index (κ1) is 13.6. The van der Waals surface area contributed by atoms with E-state index in [0.29, 0.717) is 40.6 Å². The topological polar surface area (TPSA) is 85.1 Å². The molecule has 0 saturated heterocycles. The fourth-order valence-electron chi connectivity index (χ4n) is 1.33. The van der Waals surface area contributed by atoms with Crippen molar-refractivity contribution in [1.29, 1.82) is 5.26 Å². The van der Waals surface area contributed by atoms with Crippen molar-refractivity contribution in [1.82, 2.24) is 5.16 Å². The molecule has 0 aliphatic rings. The molecule has 1 heterocycles. The van der Waals surface area contributed by atoms with Crippen LogP contribution < -0.4 is 10.5 Å². The number of halogens is 2. The van der Waals surface area contributed by atoms with Gasteiger partial charge in [0, 0.05) is 11.6 Å². The van der Waals surface area contributed by atoms with Gasteiger partial charge in [-0.15, -0.1) is 12.4 Å². The number of hydrogen-bond acceptors (Lipinski definition) is 5. The zero-order chi connectivity index (χ0) is 11.5. The van der Waals surface area contributed by atoms with Crippen LogP contribution in [0.1, 0.15) is 5.56 Å². The SMILES string of the molecule is Cl.N#Cc1cc(Cl)cc2c(OCCN)noc12. The van der Waals surface area contributed by atoms with Gasteiger partial charge in [-0.2, -0.15) is 5.26 Å². The Morgan fingerprint density at radius 1 is 1.53 bits per heavy atom. The molecule has 0 amide bonds. The lowest BCUT2D eigenvalue weighted by atomic mass is 10.2. The zero-order valence-corrected chi connectivity index (χ0v) is 10.2. The number of fused-ring (bicyclic) bond motifs is 1. The summed E-state index contributed by atoms with van der Waals surface area (Å²) in [5.74, 6) is 0.305. The van der Waals surface area contributed by atoms with Crippen molar-refractivity contribution in [3.05, 3.63) is 22.7 Å². The third-order valence-electron chi connectivity index (χ3n) is 1.98. The highest BCUT2D eigenvalue weighted by atomic mass is 35.5. The first-order chi connectivity index (χ1) is 7.76. The maximum atomic E-state index is 8.89. The smallest absolute Gasteiger partial charge is 0.262 e. The molecule has 0 unspecified atom stereocenters.